The molecule has 0 aromatic heterocycles. The summed E-state index contributed by atoms with van der Waals surface area (Å²) in [5.74, 6) is -0.287. The van der Waals surface area contributed by atoms with E-state index in [1.54, 1.807) is 0 Å². The fraction of sp³-hybridized carbons (Fsp3) is 0.600. The van der Waals surface area contributed by atoms with E-state index in [0.29, 0.717) is 19.4 Å². The van der Waals surface area contributed by atoms with E-state index in [0.717, 1.165) is 0 Å². The lowest BCUT2D eigenvalue weighted by Crippen LogP contribution is -2.35. The summed E-state index contributed by atoms with van der Waals surface area (Å²) in [6.45, 7) is 0.360. The van der Waals surface area contributed by atoms with E-state index in [-0.39, 0.29) is 5.91 Å². The van der Waals surface area contributed by atoms with Crippen molar-refractivity contribution >= 4 is 5.91 Å². The molecule has 1 aliphatic heterocycles. The summed E-state index contributed by atoms with van der Waals surface area (Å²) in [5, 5.41) is 10.7. The van der Waals surface area contributed by atoms with Gasteiger partial charge in [-0.2, -0.15) is 0 Å². The van der Waals surface area contributed by atoms with Crippen LogP contribution in [0.4, 0.5) is 0 Å². The first-order chi connectivity index (χ1) is 3.63. The lowest BCUT2D eigenvalue weighted by Gasteiger charge is -2.28. The van der Waals surface area contributed by atoms with Crippen molar-refractivity contribution in [2.75, 3.05) is 6.54 Å². The zero-order valence-corrected chi connectivity index (χ0v) is 4.59. The van der Waals surface area contributed by atoms with E-state index in [2.05, 4.69) is 7.05 Å². The van der Waals surface area contributed by atoms with Crippen molar-refractivity contribution in [2.24, 2.45) is 0 Å². The van der Waals surface area contributed by atoms with Crippen LogP contribution in [0.1, 0.15) is 12.8 Å². The average molecular weight is 114 g/mol. The number of hydrogen-bond donors (Lipinski definition) is 0. The van der Waals surface area contributed by atoms with Crippen LogP contribution in [0.25, 0.3) is 0 Å². The number of rotatable bonds is 0. The Morgan fingerprint density at radius 1 is 1.75 bits per heavy atom. The minimum Gasteiger partial charge on any atom is -0.625 e. The summed E-state index contributed by atoms with van der Waals surface area (Å²) < 4.78 is -0.903. The summed E-state index contributed by atoms with van der Waals surface area (Å²) in [7, 11) is 3.18. The Morgan fingerprint density at radius 3 is 2.50 bits per heavy atom. The highest BCUT2D eigenvalue weighted by molar-refractivity contribution is 5.70. The fourth-order valence-electron chi connectivity index (χ4n) is 0.814. The molecule has 1 radical (unpaired) electrons. The van der Waals surface area contributed by atoms with Gasteiger partial charge in [0.05, 0.1) is 13.0 Å². The standard InChI is InChI=1S/C5H8NO2/c1-6(8)4-2-3-5(6)7/h1-4H2. The van der Waals surface area contributed by atoms with Gasteiger partial charge in [-0.15, -0.1) is 0 Å². The average Bonchev–Trinajstić information content (AvgIpc) is 1.86. The van der Waals surface area contributed by atoms with Crippen LogP contribution in [0.3, 0.4) is 0 Å². The minimum absolute atomic E-state index is 0.287. The van der Waals surface area contributed by atoms with Crippen molar-refractivity contribution in [2.45, 2.75) is 12.8 Å². The molecule has 0 bridgehead atoms. The molecule has 0 saturated carbocycles. The Labute approximate surface area is 48.1 Å². The van der Waals surface area contributed by atoms with Crippen LogP contribution in [0.15, 0.2) is 0 Å². The monoisotopic (exact) mass is 114 g/mol. The number of likely N-dealkylation sites (tertiary alicyclic amines) is 1. The number of nitrogens with zero attached hydrogens (tertiary/aromatic N) is 1. The first-order valence-corrected chi connectivity index (χ1v) is 2.60. The number of amides is 1. The van der Waals surface area contributed by atoms with Crippen molar-refractivity contribution in [3.63, 3.8) is 0 Å². The van der Waals surface area contributed by atoms with Crippen LogP contribution in [0, 0.1) is 12.3 Å². The summed E-state index contributed by atoms with van der Waals surface area (Å²) in [6, 6.07) is 0. The summed E-state index contributed by atoms with van der Waals surface area (Å²) >= 11 is 0. The zero-order chi connectivity index (χ0) is 6.20. The third kappa shape index (κ3) is 0.743. The van der Waals surface area contributed by atoms with Crippen LogP contribution in [0.2, 0.25) is 0 Å². The molecule has 1 rings (SSSR count). The topological polar surface area (TPSA) is 40.1 Å². The first-order valence-electron chi connectivity index (χ1n) is 2.60. The summed E-state index contributed by atoms with van der Waals surface area (Å²) in [6.07, 6.45) is 1.11. The predicted octanol–water partition coefficient (Wildman–Crippen LogP) is 0.413. The summed E-state index contributed by atoms with van der Waals surface area (Å²) in [5.41, 5.74) is 0. The van der Waals surface area contributed by atoms with Crippen molar-refractivity contribution in [1.82, 2.24) is 0 Å². The highest BCUT2D eigenvalue weighted by Crippen LogP contribution is 2.16. The second kappa shape index (κ2) is 1.53. The molecule has 1 unspecified atom stereocenters. The van der Waals surface area contributed by atoms with E-state index in [1.165, 1.54) is 0 Å². The molecule has 0 aliphatic carbocycles. The van der Waals surface area contributed by atoms with Crippen LogP contribution in [0.5, 0.6) is 0 Å². The molecule has 1 aliphatic rings. The van der Waals surface area contributed by atoms with E-state index in [4.69, 9.17) is 0 Å². The zero-order valence-electron chi connectivity index (χ0n) is 4.59. The molecular weight excluding hydrogens is 106 g/mol. The van der Waals surface area contributed by atoms with Gasteiger partial charge in [0.15, 0.2) is 0 Å². The maximum atomic E-state index is 10.7. The van der Waals surface area contributed by atoms with Gasteiger partial charge in [0.1, 0.15) is 7.05 Å². The van der Waals surface area contributed by atoms with Gasteiger partial charge in [-0.3, -0.25) is 4.65 Å². The molecule has 8 heavy (non-hydrogen) atoms. The Hall–Kier alpha value is -0.410. The van der Waals surface area contributed by atoms with Gasteiger partial charge in [0.2, 0.25) is 0 Å². The molecule has 1 atom stereocenters. The molecule has 1 amide bonds. The van der Waals surface area contributed by atoms with Gasteiger partial charge >= 0.3 is 5.91 Å². The molecule has 1 saturated heterocycles. The Bertz CT molecular complexity index is 120. The van der Waals surface area contributed by atoms with Gasteiger partial charge < -0.3 is 5.21 Å². The number of carbonyl (C=O) groups is 1. The molecular formula is C5H8NO2. The molecule has 0 aromatic carbocycles. The smallest absolute Gasteiger partial charge is 0.314 e. The summed E-state index contributed by atoms with van der Waals surface area (Å²) in [4.78, 5) is 10.5. The van der Waals surface area contributed by atoms with Crippen LogP contribution < -0.4 is 0 Å². The number of quaternary nitrogens is 1. The van der Waals surface area contributed by atoms with E-state index in [9.17, 15) is 10.0 Å². The van der Waals surface area contributed by atoms with Gasteiger partial charge in [0.25, 0.3) is 0 Å². The number of hydroxylamine groups is 3. The van der Waals surface area contributed by atoms with Crippen LogP contribution in [-0.4, -0.2) is 17.1 Å². The second-order valence-corrected chi connectivity index (χ2v) is 2.11. The van der Waals surface area contributed by atoms with Gasteiger partial charge in [-0.1, -0.05) is 0 Å². The van der Waals surface area contributed by atoms with E-state index >= 15 is 0 Å². The number of hydrogen-bond acceptors (Lipinski definition) is 2. The second-order valence-electron chi connectivity index (χ2n) is 2.11. The lowest BCUT2D eigenvalue weighted by molar-refractivity contribution is -0.746. The molecule has 3 nitrogen and oxygen atoms in total. The first kappa shape index (κ1) is 5.72. The Morgan fingerprint density at radius 2 is 2.38 bits per heavy atom. The van der Waals surface area contributed by atoms with Crippen LogP contribution in [-0.2, 0) is 4.79 Å². The maximum absolute atomic E-state index is 10.7. The van der Waals surface area contributed by atoms with E-state index in [1.807, 2.05) is 0 Å². The molecule has 1 fully saturated rings. The van der Waals surface area contributed by atoms with Gasteiger partial charge in [-0.25, -0.2) is 4.79 Å². The number of carbonyl (C=O) groups excluding carboxylic acids is 1. The third-order valence-corrected chi connectivity index (χ3v) is 1.36. The Balaban J connectivity index is 2.68. The highest BCUT2D eigenvalue weighted by atomic mass is 16.6. The third-order valence-electron chi connectivity index (χ3n) is 1.36. The molecule has 45 valence electrons. The highest BCUT2D eigenvalue weighted by Gasteiger charge is 2.28. The van der Waals surface area contributed by atoms with E-state index < -0.39 is 4.65 Å². The minimum atomic E-state index is -0.903. The van der Waals surface area contributed by atoms with Crippen molar-refractivity contribution < 1.29 is 9.44 Å². The molecule has 3 heteroatoms. The molecule has 1 heterocycles. The fourth-order valence-corrected chi connectivity index (χ4v) is 0.814. The van der Waals surface area contributed by atoms with Crippen molar-refractivity contribution in [3.8, 4) is 0 Å². The Kier molecular flexibility index (Phi) is 1.10. The lowest BCUT2D eigenvalue weighted by atomic mass is 10.4. The van der Waals surface area contributed by atoms with Gasteiger partial charge in [-0.05, 0) is 0 Å². The largest absolute Gasteiger partial charge is 0.625 e. The van der Waals surface area contributed by atoms with Crippen molar-refractivity contribution in [3.05, 3.63) is 12.3 Å². The van der Waals surface area contributed by atoms with Gasteiger partial charge in [0, 0.05) is 6.42 Å². The maximum Gasteiger partial charge on any atom is 0.314 e. The normalized spacial score (nSPS) is 38.5. The quantitative estimate of drug-likeness (QED) is 0.338. The molecule has 0 N–H and O–H groups in total. The van der Waals surface area contributed by atoms with Crippen molar-refractivity contribution in [1.29, 1.82) is 0 Å². The molecule has 0 spiro atoms. The van der Waals surface area contributed by atoms with Crippen LogP contribution >= 0.6 is 0 Å². The molecule has 0 aromatic rings. The predicted molar refractivity (Wildman–Crippen MR) is 28.1 cm³/mol. The SMILES string of the molecule is [CH2][N+]1([O-])CCCC1=O.